The van der Waals surface area contributed by atoms with E-state index in [4.69, 9.17) is 11.6 Å². The molecule has 3 atom stereocenters. The Labute approximate surface area is 193 Å². The molecule has 0 aliphatic carbocycles. The van der Waals surface area contributed by atoms with Crippen LogP contribution in [0.2, 0.25) is 5.02 Å². The molecule has 1 N–H and O–H groups in total. The van der Waals surface area contributed by atoms with Crippen LogP contribution >= 0.6 is 11.6 Å². The molecule has 0 aromatic heterocycles. The molecular formula is C24H28ClN5O2. The lowest BCUT2D eigenvalue weighted by Crippen LogP contribution is -2.66. The monoisotopic (exact) mass is 453 g/mol. The molecule has 0 saturated carbocycles. The highest BCUT2D eigenvalue weighted by molar-refractivity contribution is 6.30. The second kappa shape index (κ2) is 8.06. The molecule has 8 heteroatoms. The lowest BCUT2D eigenvalue weighted by Gasteiger charge is -2.44. The van der Waals surface area contributed by atoms with Crippen LogP contribution in [0.4, 0.5) is 10.5 Å². The van der Waals surface area contributed by atoms with E-state index in [1.54, 1.807) is 24.1 Å². The molecule has 32 heavy (non-hydrogen) atoms. The van der Waals surface area contributed by atoms with E-state index in [0.717, 1.165) is 30.8 Å². The number of rotatable bonds is 3. The SMILES string of the molecule is Cc1ccc(N2CCCN3C4C(=O)N(Cc5ccc(Cl)cc5)C(=O)N(C)C4NC23)cc1C. The fraction of sp³-hybridized carbons (Fsp3) is 0.417. The van der Waals surface area contributed by atoms with Crippen molar-refractivity contribution >= 4 is 29.2 Å². The molecule has 5 rings (SSSR count). The van der Waals surface area contributed by atoms with Gasteiger partial charge in [0.1, 0.15) is 18.5 Å². The first-order valence-corrected chi connectivity index (χ1v) is 11.4. The number of carbonyl (C=O) groups excluding carboxylic acids is 2. The van der Waals surface area contributed by atoms with Gasteiger partial charge < -0.3 is 9.80 Å². The van der Waals surface area contributed by atoms with E-state index >= 15 is 0 Å². The van der Waals surface area contributed by atoms with Crippen LogP contribution in [-0.2, 0) is 11.3 Å². The van der Waals surface area contributed by atoms with Crippen molar-refractivity contribution in [2.45, 2.75) is 45.3 Å². The maximum atomic E-state index is 13.6. The molecule has 3 amide bonds. The average molecular weight is 454 g/mol. The van der Waals surface area contributed by atoms with Gasteiger partial charge in [0.2, 0.25) is 0 Å². The van der Waals surface area contributed by atoms with Crippen molar-refractivity contribution in [3.63, 3.8) is 0 Å². The van der Waals surface area contributed by atoms with Gasteiger partial charge in [0.25, 0.3) is 5.91 Å². The lowest BCUT2D eigenvalue weighted by molar-refractivity contribution is -0.139. The maximum Gasteiger partial charge on any atom is 0.328 e. The van der Waals surface area contributed by atoms with Gasteiger partial charge in [-0.25, -0.2) is 4.79 Å². The minimum Gasteiger partial charge on any atom is -0.343 e. The number of nitrogens with zero attached hydrogens (tertiary/aromatic N) is 4. The Balaban J connectivity index is 1.43. The minimum atomic E-state index is -0.413. The number of fused-ring (bicyclic) bond motifs is 3. The molecule has 3 aliphatic heterocycles. The molecule has 0 bridgehead atoms. The van der Waals surface area contributed by atoms with Crippen molar-refractivity contribution in [1.29, 1.82) is 0 Å². The first-order valence-electron chi connectivity index (χ1n) is 11.0. The second-order valence-corrected chi connectivity index (χ2v) is 9.36. The number of aryl methyl sites for hydroxylation is 2. The third kappa shape index (κ3) is 3.45. The van der Waals surface area contributed by atoms with Crippen LogP contribution < -0.4 is 10.2 Å². The van der Waals surface area contributed by atoms with Gasteiger partial charge in [0.05, 0.1) is 6.54 Å². The number of urea groups is 1. The van der Waals surface area contributed by atoms with E-state index < -0.39 is 6.04 Å². The number of halogens is 1. The second-order valence-electron chi connectivity index (χ2n) is 8.93. The van der Waals surface area contributed by atoms with Gasteiger partial charge in [0.15, 0.2) is 0 Å². The highest BCUT2D eigenvalue weighted by atomic mass is 35.5. The Bertz CT molecular complexity index is 1060. The average Bonchev–Trinajstić information content (AvgIpc) is 3.18. The van der Waals surface area contributed by atoms with E-state index in [0.29, 0.717) is 5.02 Å². The van der Waals surface area contributed by atoms with Gasteiger partial charge in [-0.1, -0.05) is 29.8 Å². The minimum absolute atomic E-state index is 0.129. The van der Waals surface area contributed by atoms with Crippen LogP contribution in [-0.4, -0.2) is 65.3 Å². The summed E-state index contributed by atoms with van der Waals surface area (Å²) in [5.41, 5.74) is 4.51. The van der Waals surface area contributed by atoms with Crippen LogP contribution in [0.5, 0.6) is 0 Å². The summed E-state index contributed by atoms with van der Waals surface area (Å²) in [5, 5.41) is 4.20. The molecule has 0 spiro atoms. The van der Waals surface area contributed by atoms with E-state index in [-0.39, 0.29) is 30.9 Å². The number of hydrogen-bond acceptors (Lipinski definition) is 5. The van der Waals surface area contributed by atoms with Gasteiger partial charge in [-0.15, -0.1) is 0 Å². The van der Waals surface area contributed by atoms with E-state index in [1.165, 1.54) is 16.0 Å². The molecule has 3 saturated heterocycles. The highest BCUT2D eigenvalue weighted by Gasteiger charge is 2.56. The van der Waals surface area contributed by atoms with Gasteiger partial charge in [-0.3, -0.25) is 19.9 Å². The van der Waals surface area contributed by atoms with Crippen LogP contribution in [0.1, 0.15) is 23.1 Å². The fourth-order valence-electron chi connectivity index (χ4n) is 5.01. The number of likely N-dealkylation sites (N-methyl/N-ethyl adjacent to an activating group) is 1. The zero-order chi connectivity index (χ0) is 22.6. The van der Waals surface area contributed by atoms with Gasteiger partial charge in [-0.05, 0) is 61.2 Å². The summed E-state index contributed by atoms with van der Waals surface area (Å²) in [5.74, 6) is -0.148. The quantitative estimate of drug-likeness (QED) is 0.773. The molecule has 0 radical (unpaired) electrons. The molecule has 3 fully saturated rings. The Hall–Kier alpha value is -2.61. The van der Waals surface area contributed by atoms with E-state index in [9.17, 15) is 9.59 Å². The van der Waals surface area contributed by atoms with Crippen LogP contribution in [0, 0.1) is 13.8 Å². The summed E-state index contributed by atoms with van der Waals surface area (Å²) in [4.78, 5) is 34.3. The third-order valence-corrected chi connectivity index (χ3v) is 7.20. The Morgan fingerprint density at radius 3 is 2.50 bits per heavy atom. The summed E-state index contributed by atoms with van der Waals surface area (Å²) in [6.45, 7) is 6.17. The first-order chi connectivity index (χ1) is 15.3. The summed E-state index contributed by atoms with van der Waals surface area (Å²) in [6, 6.07) is 13.1. The topological polar surface area (TPSA) is 59.1 Å². The summed E-state index contributed by atoms with van der Waals surface area (Å²) in [7, 11) is 1.77. The van der Waals surface area contributed by atoms with Crippen LogP contribution in [0.3, 0.4) is 0 Å². The van der Waals surface area contributed by atoms with Crippen molar-refractivity contribution < 1.29 is 9.59 Å². The zero-order valence-corrected chi connectivity index (χ0v) is 19.3. The molecule has 168 valence electrons. The number of benzene rings is 2. The van der Waals surface area contributed by atoms with E-state index in [1.807, 2.05) is 12.1 Å². The molecule has 2 aromatic rings. The number of imide groups is 1. The molecule has 7 nitrogen and oxygen atoms in total. The number of nitrogens with one attached hydrogen (secondary N) is 1. The predicted molar refractivity (Wildman–Crippen MR) is 124 cm³/mol. The normalized spacial score (nSPS) is 25.9. The first kappa shape index (κ1) is 21.2. The Kier molecular flexibility index (Phi) is 5.35. The van der Waals surface area contributed by atoms with Crippen molar-refractivity contribution in [2.24, 2.45) is 0 Å². The van der Waals surface area contributed by atoms with Crippen molar-refractivity contribution in [1.82, 2.24) is 20.0 Å². The largest absolute Gasteiger partial charge is 0.343 e. The summed E-state index contributed by atoms with van der Waals surface area (Å²) < 4.78 is 0. The van der Waals surface area contributed by atoms with E-state index in [2.05, 4.69) is 47.2 Å². The lowest BCUT2D eigenvalue weighted by atomic mass is 10.1. The third-order valence-electron chi connectivity index (χ3n) is 6.95. The van der Waals surface area contributed by atoms with Crippen molar-refractivity contribution in [3.8, 4) is 0 Å². The van der Waals surface area contributed by atoms with Crippen molar-refractivity contribution in [3.05, 3.63) is 64.2 Å². The highest BCUT2D eigenvalue weighted by Crippen LogP contribution is 2.34. The van der Waals surface area contributed by atoms with Gasteiger partial charge in [0, 0.05) is 30.8 Å². The van der Waals surface area contributed by atoms with Crippen molar-refractivity contribution in [2.75, 3.05) is 25.0 Å². The molecule has 3 aliphatic rings. The van der Waals surface area contributed by atoms with Crippen LogP contribution in [0.15, 0.2) is 42.5 Å². The maximum absolute atomic E-state index is 13.6. The van der Waals surface area contributed by atoms with Gasteiger partial charge >= 0.3 is 6.03 Å². The molecule has 3 heterocycles. The smallest absolute Gasteiger partial charge is 0.328 e. The number of amides is 3. The molecule has 2 aromatic carbocycles. The fourth-order valence-corrected chi connectivity index (χ4v) is 5.13. The number of carbonyl (C=O) groups is 2. The number of hydrogen-bond donors (Lipinski definition) is 1. The predicted octanol–water partition coefficient (Wildman–Crippen LogP) is 3.14. The Morgan fingerprint density at radius 2 is 1.78 bits per heavy atom. The molecule has 3 unspecified atom stereocenters. The Morgan fingerprint density at radius 1 is 1.03 bits per heavy atom. The summed E-state index contributed by atoms with van der Waals surface area (Å²) >= 11 is 5.99. The number of anilines is 1. The van der Waals surface area contributed by atoms with Gasteiger partial charge in [-0.2, -0.15) is 0 Å². The summed E-state index contributed by atoms with van der Waals surface area (Å²) in [6.07, 6.45) is 0.473. The standard InChI is InChI=1S/C24H28ClN5O2/c1-15-5-10-19(13-16(15)2)28-11-4-12-29-20-21(26-23(28)29)27(3)24(32)30(22(20)31)14-17-6-8-18(25)9-7-17/h5-10,13,20-21,23,26H,4,11-12,14H2,1-3H3. The zero-order valence-electron chi connectivity index (χ0n) is 18.6. The van der Waals surface area contributed by atoms with Crippen LogP contribution in [0.25, 0.3) is 0 Å². The molecular weight excluding hydrogens is 426 g/mol.